The zero-order valence-corrected chi connectivity index (χ0v) is 12.8. The Bertz CT molecular complexity index is 606. The molecule has 0 saturated heterocycles. The van der Waals surface area contributed by atoms with Gasteiger partial charge in [0, 0.05) is 18.7 Å². The summed E-state index contributed by atoms with van der Waals surface area (Å²) >= 11 is 3.03. The highest BCUT2D eigenvalue weighted by molar-refractivity contribution is 9.10. The first kappa shape index (κ1) is 14.9. The second-order valence-corrected chi connectivity index (χ2v) is 5.66. The molecule has 1 atom stereocenters. The van der Waals surface area contributed by atoms with Gasteiger partial charge in [0.2, 0.25) is 0 Å². The summed E-state index contributed by atoms with van der Waals surface area (Å²) in [4.78, 5) is 17.4. The third-order valence-electron chi connectivity index (χ3n) is 3.21. The van der Waals surface area contributed by atoms with Crippen LogP contribution >= 0.6 is 15.9 Å². The van der Waals surface area contributed by atoms with Crippen LogP contribution < -0.4 is 0 Å². The number of halogens is 3. The Kier molecular flexibility index (Phi) is 3.82. The van der Waals surface area contributed by atoms with E-state index in [0.717, 1.165) is 6.07 Å². The van der Waals surface area contributed by atoms with E-state index in [9.17, 15) is 13.6 Å². The molecule has 1 aromatic carbocycles. The molecule has 0 bridgehead atoms. The molecule has 1 heterocycles. The number of rotatable bonds is 1. The van der Waals surface area contributed by atoms with E-state index in [2.05, 4.69) is 20.9 Å². The molecule has 0 aliphatic carbocycles. The highest BCUT2D eigenvalue weighted by Gasteiger charge is 2.39. The molecule has 0 aromatic heterocycles. The quantitative estimate of drug-likeness (QED) is 0.733. The first-order valence-electron chi connectivity index (χ1n) is 5.83. The average molecular weight is 347 g/mol. The Morgan fingerprint density at radius 2 is 2.05 bits per heavy atom. The topological polar surface area (TPSA) is 41.9 Å². The van der Waals surface area contributed by atoms with E-state index in [-0.39, 0.29) is 28.4 Å². The number of carbonyl (C=O) groups excluding carboxylic acids is 1. The lowest BCUT2D eigenvalue weighted by molar-refractivity contribution is -0.126. The largest absolute Gasteiger partial charge is 0.477 e. The van der Waals surface area contributed by atoms with Gasteiger partial charge in [-0.05, 0) is 28.9 Å². The molecule has 108 valence electrons. The minimum absolute atomic E-state index is 0.0962. The molecule has 20 heavy (non-hydrogen) atoms. The van der Waals surface area contributed by atoms with Crippen LogP contribution in [0.1, 0.15) is 12.5 Å². The maximum absolute atomic E-state index is 14.0. The lowest BCUT2D eigenvalue weighted by atomic mass is 9.90. The van der Waals surface area contributed by atoms with Gasteiger partial charge in [0.05, 0.1) is 18.1 Å². The first-order valence-corrected chi connectivity index (χ1v) is 6.62. The van der Waals surface area contributed by atoms with Gasteiger partial charge in [0.1, 0.15) is 17.2 Å². The Labute approximate surface area is 123 Å². The van der Waals surface area contributed by atoms with Gasteiger partial charge in [-0.25, -0.2) is 13.8 Å². The Balaban J connectivity index is 2.58. The molecule has 7 heteroatoms. The van der Waals surface area contributed by atoms with Crippen molar-refractivity contribution in [2.24, 2.45) is 4.99 Å². The molecule has 0 spiro atoms. The van der Waals surface area contributed by atoms with Crippen molar-refractivity contribution in [3.8, 4) is 0 Å². The number of methoxy groups -OCH3 is 1. The zero-order valence-electron chi connectivity index (χ0n) is 11.2. The monoisotopic (exact) mass is 346 g/mol. The molecule has 1 aromatic rings. The number of nitrogens with zero attached hydrogens (tertiary/aromatic N) is 2. The molecule has 2 rings (SSSR count). The van der Waals surface area contributed by atoms with E-state index in [4.69, 9.17) is 4.74 Å². The van der Waals surface area contributed by atoms with Crippen LogP contribution in [0.5, 0.6) is 0 Å². The maximum Gasteiger partial charge on any atom is 0.308 e. The van der Waals surface area contributed by atoms with Crippen LogP contribution in [0.2, 0.25) is 0 Å². The van der Waals surface area contributed by atoms with Crippen molar-refractivity contribution in [1.82, 2.24) is 4.90 Å². The molecule has 1 amide bonds. The smallest absolute Gasteiger partial charge is 0.308 e. The standard InChI is InChI=1S/C13H13BrF2N2O2/c1-13(6-18(2)12(19)11(17-13)20-3)7-4-8(14)10(16)5-9(7)15/h4-5H,6H2,1-3H3. The number of ether oxygens (including phenoxy) is 1. The Morgan fingerprint density at radius 1 is 1.40 bits per heavy atom. The number of hydrogen-bond donors (Lipinski definition) is 0. The zero-order chi connectivity index (χ0) is 15.1. The molecule has 4 nitrogen and oxygen atoms in total. The van der Waals surface area contributed by atoms with Crippen LogP contribution in [0.4, 0.5) is 8.78 Å². The minimum Gasteiger partial charge on any atom is -0.477 e. The predicted molar refractivity (Wildman–Crippen MR) is 73.5 cm³/mol. The number of amides is 1. The summed E-state index contributed by atoms with van der Waals surface area (Å²) < 4.78 is 32.4. The van der Waals surface area contributed by atoms with Crippen LogP contribution in [0.3, 0.4) is 0 Å². The summed E-state index contributed by atoms with van der Waals surface area (Å²) in [5.41, 5.74) is -0.839. The second kappa shape index (κ2) is 5.12. The predicted octanol–water partition coefficient (Wildman–Crippen LogP) is 2.46. The van der Waals surface area contributed by atoms with Crippen LogP contribution in [-0.4, -0.2) is 37.4 Å². The normalized spacial score (nSPS) is 22.8. The summed E-state index contributed by atoms with van der Waals surface area (Å²) in [7, 11) is 2.90. The van der Waals surface area contributed by atoms with Gasteiger partial charge in [-0.15, -0.1) is 0 Å². The van der Waals surface area contributed by atoms with Gasteiger partial charge in [0.15, 0.2) is 0 Å². The van der Waals surface area contributed by atoms with Crippen molar-refractivity contribution >= 4 is 27.7 Å². The van der Waals surface area contributed by atoms with Crippen molar-refractivity contribution in [3.63, 3.8) is 0 Å². The fraction of sp³-hybridized carbons (Fsp3) is 0.385. The lowest BCUT2D eigenvalue weighted by Crippen LogP contribution is -2.48. The summed E-state index contributed by atoms with van der Waals surface area (Å²) in [6.07, 6.45) is 0. The number of aliphatic imine (C=N–C) groups is 1. The van der Waals surface area contributed by atoms with E-state index >= 15 is 0 Å². The van der Waals surface area contributed by atoms with Crippen LogP contribution in [0, 0.1) is 11.6 Å². The number of likely N-dealkylation sites (N-methyl/N-ethyl adjacent to an activating group) is 1. The second-order valence-electron chi connectivity index (χ2n) is 4.80. The number of carbonyl (C=O) groups is 1. The molecule has 0 N–H and O–H groups in total. The highest BCUT2D eigenvalue weighted by Crippen LogP contribution is 2.34. The number of benzene rings is 1. The van der Waals surface area contributed by atoms with E-state index in [1.165, 1.54) is 18.1 Å². The highest BCUT2D eigenvalue weighted by atomic mass is 79.9. The fourth-order valence-electron chi connectivity index (χ4n) is 2.22. The van der Waals surface area contributed by atoms with Crippen molar-refractivity contribution in [1.29, 1.82) is 0 Å². The minimum atomic E-state index is -1.03. The van der Waals surface area contributed by atoms with Crippen molar-refractivity contribution in [2.45, 2.75) is 12.5 Å². The van der Waals surface area contributed by atoms with E-state index in [1.807, 2.05) is 0 Å². The molecule has 1 aliphatic rings. The first-order chi connectivity index (χ1) is 9.28. The molecule has 1 unspecified atom stereocenters. The lowest BCUT2D eigenvalue weighted by Gasteiger charge is -2.35. The van der Waals surface area contributed by atoms with Crippen molar-refractivity contribution < 1.29 is 18.3 Å². The Hall–Kier alpha value is -1.50. The summed E-state index contributed by atoms with van der Waals surface area (Å²) in [6, 6.07) is 2.13. The average Bonchev–Trinajstić information content (AvgIpc) is 2.38. The molecular formula is C13H13BrF2N2O2. The van der Waals surface area contributed by atoms with Gasteiger partial charge in [-0.1, -0.05) is 0 Å². The van der Waals surface area contributed by atoms with Crippen molar-refractivity contribution in [2.75, 3.05) is 20.7 Å². The number of hydrogen-bond acceptors (Lipinski definition) is 3. The third-order valence-corrected chi connectivity index (χ3v) is 3.81. The van der Waals surface area contributed by atoms with Crippen LogP contribution in [0.25, 0.3) is 0 Å². The SMILES string of the molecule is COC1=NC(C)(c2cc(Br)c(F)cc2F)CN(C)C1=O. The van der Waals surface area contributed by atoms with Crippen LogP contribution in [0.15, 0.2) is 21.6 Å². The third kappa shape index (κ3) is 2.42. The van der Waals surface area contributed by atoms with Gasteiger partial charge < -0.3 is 9.64 Å². The van der Waals surface area contributed by atoms with Gasteiger partial charge in [0.25, 0.3) is 5.90 Å². The molecule has 0 radical (unpaired) electrons. The van der Waals surface area contributed by atoms with E-state index in [0.29, 0.717) is 0 Å². The van der Waals surface area contributed by atoms with Gasteiger partial charge in [-0.2, -0.15) is 0 Å². The van der Waals surface area contributed by atoms with Gasteiger partial charge in [-0.3, -0.25) is 4.79 Å². The summed E-state index contributed by atoms with van der Waals surface area (Å²) in [5, 5.41) is 0. The van der Waals surface area contributed by atoms with Crippen molar-refractivity contribution in [3.05, 3.63) is 33.8 Å². The molecule has 0 fully saturated rings. The van der Waals surface area contributed by atoms with Gasteiger partial charge >= 0.3 is 5.91 Å². The molecular weight excluding hydrogens is 334 g/mol. The fourth-order valence-corrected chi connectivity index (χ4v) is 2.56. The van der Waals surface area contributed by atoms with Crippen LogP contribution in [-0.2, 0) is 15.1 Å². The van der Waals surface area contributed by atoms with E-state index < -0.39 is 17.2 Å². The Morgan fingerprint density at radius 3 is 2.65 bits per heavy atom. The summed E-state index contributed by atoms with van der Waals surface area (Å²) in [5.74, 6) is -1.87. The maximum atomic E-state index is 14.0. The van der Waals surface area contributed by atoms with E-state index in [1.54, 1.807) is 14.0 Å². The summed E-state index contributed by atoms with van der Waals surface area (Å²) in [6.45, 7) is 1.84. The molecule has 0 saturated carbocycles. The molecule has 1 aliphatic heterocycles.